The Morgan fingerprint density at radius 2 is 1.53 bits per heavy atom. The van der Waals surface area contributed by atoms with Crippen LogP contribution in [0.4, 0.5) is 4.39 Å². The van der Waals surface area contributed by atoms with E-state index >= 15 is 0 Å². The third-order valence-corrected chi connectivity index (χ3v) is 3.69. The summed E-state index contributed by atoms with van der Waals surface area (Å²) in [4.78, 5) is 0. The van der Waals surface area contributed by atoms with Crippen molar-refractivity contribution in [3.05, 3.63) is 69.0 Å². The number of halogens is 2. The Bertz CT molecular complexity index is 599. The van der Waals surface area contributed by atoms with E-state index in [2.05, 4.69) is 0 Å². The van der Waals surface area contributed by atoms with Crippen LogP contribution in [0.3, 0.4) is 0 Å². The van der Waals surface area contributed by atoms with E-state index in [0.29, 0.717) is 27.3 Å². The molecule has 1 unspecified atom stereocenters. The van der Waals surface area contributed by atoms with Crippen molar-refractivity contribution >= 4 is 11.6 Å². The summed E-state index contributed by atoms with van der Waals surface area (Å²) in [5.74, 6) is -0.224. The summed E-state index contributed by atoms with van der Waals surface area (Å²) in [5.41, 5.74) is 3.42. The molecule has 0 bridgehead atoms. The van der Waals surface area contributed by atoms with Crippen molar-refractivity contribution in [2.24, 2.45) is 0 Å². The highest BCUT2D eigenvalue weighted by Crippen LogP contribution is 2.28. The fraction of sp³-hybridized carbons (Fsp3) is 0.250. The zero-order chi connectivity index (χ0) is 14.2. The molecule has 0 aliphatic rings. The van der Waals surface area contributed by atoms with Gasteiger partial charge < -0.3 is 5.11 Å². The van der Waals surface area contributed by atoms with Gasteiger partial charge in [-0.25, -0.2) is 4.39 Å². The summed E-state index contributed by atoms with van der Waals surface area (Å²) < 4.78 is 13.6. The van der Waals surface area contributed by atoms with Gasteiger partial charge in [0.2, 0.25) is 0 Å². The third kappa shape index (κ3) is 2.80. The van der Waals surface area contributed by atoms with Gasteiger partial charge in [0.25, 0.3) is 0 Å². The Morgan fingerprint density at radius 1 is 0.947 bits per heavy atom. The first-order valence-electron chi connectivity index (χ1n) is 6.11. The predicted octanol–water partition coefficient (Wildman–Crippen LogP) is 4.49. The molecule has 0 amide bonds. The van der Waals surface area contributed by atoms with E-state index in [1.165, 1.54) is 0 Å². The van der Waals surface area contributed by atoms with Crippen LogP contribution in [0.25, 0.3) is 0 Å². The molecule has 2 rings (SSSR count). The van der Waals surface area contributed by atoms with Crippen LogP contribution in [0.15, 0.2) is 30.3 Å². The number of rotatable bonds is 2. The highest BCUT2D eigenvalue weighted by molar-refractivity contribution is 6.31. The fourth-order valence-corrected chi connectivity index (χ4v) is 2.30. The van der Waals surface area contributed by atoms with Crippen molar-refractivity contribution in [2.45, 2.75) is 26.9 Å². The van der Waals surface area contributed by atoms with Crippen molar-refractivity contribution in [2.75, 3.05) is 0 Å². The molecule has 3 heteroatoms. The lowest BCUT2D eigenvalue weighted by Gasteiger charge is -2.15. The van der Waals surface area contributed by atoms with Crippen LogP contribution in [-0.2, 0) is 0 Å². The Labute approximate surface area is 117 Å². The molecule has 1 atom stereocenters. The van der Waals surface area contributed by atoms with Gasteiger partial charge in [0.05, 0.1) is 0 Å². The molecule has 2 aromatic carbocycles. The molecule has 0 aliphatic heterocycles. The molecule has 0 saturated heterocycles. The number of aryl methyl sites for hydroxylation is 3. The standard InChI is InChI=1S/C16H16ClFO/c1-9-4-5-12(8-14(9)17)16(19)13-6-10(2)15(18)11(3)7-13/h4-8,16,19H,1-3H3. The van der Waals surface area contributed by atoms with Gasteiger partial charge in [0.15, 0.2) is 0 Å². The lowest BCUT2D eigenvalue weighted by molar-refractivity contribution is 0.220. The first-order chi connectivity index (χ1) is 8.90. The van der Waals surface area contributed by atoms with Gasteiger partial charge >= 0.3 is 0 Å². The van der Waals surface area contributed by atoms with Crippen LogP contribution in [-0.4, -0.2) is 5.11 Å². The summed E-state index contributed by atoms with van der Waals surface area (Å²) >= 11 is 6.06. The van der Waals surface area contributed by atoms with Crippen LogP contribution in [0.5, 0.6) is 0 Å². The summed E-state index contributed by atoms with van der Waals surface area (Å²) in [6.07, 6.45) is -0.795. The SMILES string of the molecule is Cc1ccc(C(O)c2cc(C)c(F)c(C)c2)cc1Cl. The molecule has 2 aromatic rings. The van der Waals surface area contributed by atoms with Gasteiger partial charge in [0, 0.05) is 5.02 Å². The van der Waals surface area contributed by atoms with Crippen LogP contribution in [0.2, 0.25) is 5.02 Å². The van der Waals surface area contributed by atoms with E-state index in [1.54, 1.807) is 32.0 Å². The Hall–Kier alpha value is -1.38. The van der Waals surface area contributed by atoms with Crippen molar-refractivity contribution in [1.29, 1.82) is 0 Å². The van der Waals surface area contributed by atoms with Gasteiger partial charge in [-0.15, -0.1) is 0 Å². The smallest absolute Gasteiger partial charge is 0.129 e. The Morgan fingerprint density at radius 3 is 2.05 bits per heavy atom. The monoisotopic (exact) mass is 278 g/mol. The highest BCUT2D eigenvalue weighted by atomic mass is 35.5. The quantitative estimate of drug-likeness (QED) is 0.858. The van der Waals surface area contributed by atoms with E-state index in [0.717, 1.165) is 5.56 Å². The lowest BCUT2D eigenvalue weighted by atomic mass is 9.97. The number of aliphatic hydroxyl groups excluding tert-OH is 1. The minimum Gasteiger partial charge on any atom is -0.384 e. The molecule has 0 heterocycles. The first-order valence-corrected chi connectivity index (χ1v) is 6.48. The van der Waals surface area contributed by atoms with Gasteiger partial charge in [-0.3, -0.25) is 0 Å². The van der Waals surface area contributed by atoms with E-state index < -0.39 is 6.10 Å². The second-order valence-electron chi connectivity index (χ2n) is 4.88. The fourth-order valence-electron chi connectivity index (χ4n) is 2.11. The van der Waals surface area contributed by atoms with Gasteiger partial charge in [-0.05, 0) is 54.7 Å². The molecule has 19 heavy (non-hydrogen) atoms. The van der Waals surface area contributed by atoms with E-state index in [-0.39, 0.29) is 5.82 Å². The van der Waals surface area contributed by atoms with E-state index in [9.17, 15) is 9.50 Å². The first kappa shape index (κ1) is 14.0. The number of aliphatic hydroxyl groups is 1. The summed E-state index contributed by atoms with van der Waals surface area (Å²) in [6, 6.07) is 8.78. The maximum Gasteiger partial charge on any atom is 0.129 e. The predicted molar refractivity (Wildman–Crippen MR) is 76.1 cm³/mol. The minimum absolute atomic E-state index is 0.224. The highest BCUT2D eigenvalue weighted by Gasteiger charge is 2.14. The van der Waals surface area contributed by atoms with Gasteiger partial charge in [-0.1, -0.05) is 35.9 Å². The molecule has 0 aliphatic carbocycles. The second kappa shape index (κ2) is 5.32. The van der Waals surface area contributed by atoms with E-state index in [1.807, 2.05) is 19.1 Å². The average molecular weight is 279 g/mol. The molecule has 0 spiro atoms. The molecule has 100 valence electrons. The summed E-state index contributed by atoms with van der Waals surface area (Å²) in [6.45, 7) is 5.30. The molecule has 0 aromatic heterocycles. The minimum atomic E-state index is -0.795. The topological polar surface area (TPSA) is 20.2 Å². The van der Waals surface area contributed by atoms with Crippen molar-refractivity contribution in [3.63, 3.8) is 0 Å². The maximum absolute atomic E-state index is 13.6. The molecular weight excluding hydrogens is 263 g/mol. The Kier molecular flexibility index (Phi) is 3.93. The second-order valence-corrected chi connectivity index (χ2v) is 5.29. The van der Waals surface area contributed by atoms with Crippen LogP contribution in [0, 0.1) is 26.6 Å². The largest absolute Gasteiger partial charge is 0.384 e. The van der Waals surface area contributed by atoms with Crippen molar-refractivity contribution < 1.29 is 9.50 Å². The van der Waals surface area contributed by atoms with Crippen LogP contribution < -0.4 is 0 Å². The molecular formula is C16H16ClFO. The maximum atomic E-state index is 13.6. The zero-order valence-corrected chi connectivity index (χ0v) is 11.9. The van der Waals surface area contributed by atoms with Crippen LogP contribution in [0.1, 0.15) is 33.9 Å². The van der Waals surface area contributed by atoms with Crippen LogP contribution >= 0.6 is 11.6 Å². The van der Waals surface area contributed by atoms with E-state index in [4.69, 9.17) is 11.6 Å². The van der Waals surface area contributed by atoms with Crippen molar-refractivity contribution in [1.82, 2.24) is 0 Å². The third-order valence-electron chi connectivity index (χ3n) is 3.29. The lowest BCUT2D eigenvalue weighted by Crippen LogP contribution is -2.02. The molecule has 0 radical (unpaired) electrons. The average Bonchev–Trinajstić information content (AvgIpc) is 2.37. The summed E-state index contributed by atoms with van der Waals surface area (Å²) in [5, 5.41) is 11.0. The molecule has 0 fully saturated rings. The summed E-state index contributed by atoms with van der Waals surface area (Å²) in [7, 11) is 0. The zero-order valence-electron chi connectivity index (χ0n) is 11.2. The number of hydrogen-bond acceptors (Lipinski definition) is 1. The van der Waals surface area contributed by atoms with Crippen molar-refractivity contribution in [3.8, 4) is 0 Å². The van der Waals surface area contributed by atoms with Gasteiger partial charge in [-0.2, -0.15) is 0 Å². The molecule has 1 N–H and O–H groups in total. The normalized spacial score (nSPS) is 12.5. The number of hydrogen-bond donors (Lipinski definition) is 1. The Balaban J connectivity index is 2.43. The number of benzene rings is 2. The van der Waals surface area contributed by atoms with Gasteiger partial charge in [0.1, 0.15) is 11.9 Å². The molecule has 1 nitrogen and oxygen atoms in total. The molecule has 0 saturated carbocycles.